The average Bonchev–Trinajstić information content (AvgIpc) is 3.52. The van der Waals surface area contributed by atoms with Gasteiger partial charge in [-0.3, -0.25) is 9.69 Å². The molecule has 2 amide bonds. The van der Waals surface area contributed by atoms with Crippen molar-refractivity contribution >= 4 is 55.2 Å². The van der Waals surface area contributed by atoms with Crippen molar-refractivity contribution in [3.8, 4) is 0 Å². The fraction of sp³-hybridized carbons (Fsp3) is 0.462. The van der Waals surface area contributed by atoms with E-state index >= 15 is 0 Å². The number of likely N-dealkylation sites (tertiary alicyclic amines) is 1. The maximum Gasteiger partial charge on any atom is 0.410 e. The minimum atomic E-state index is -0.557. The number of nitrogens with zero attached hydrogens (tertiary/aromatic N) is 2. The zero-order valence-corrected chi connectivity index (χ0v) is 23.0. The monoisotopic (exact) mass is 591 g/mol. The number of ether oxygens (including phenoxy) is 1. The number of amides is 2. The summed E-state index contributed by atoms with van der Waals surface area (Å²) in [5, 5.41) is 3.31. The fourth-order valence-corrected chi connectivity index (χ4v) is 5.78. The number of halogens is 2. The second kappa shape index (κ2) is 10.3. The number of hydrogen-bond acceptors (Lipinski definition) is 4. The van der Waals surface area contributed by atoms with E-state index < -0.39 is 17.7 Å². The third-order valence-corrected chi connectivity index (χ3v) is 7.70. The predicted molar refractivity (Wildman–Crippen MR) is 142 cm³/mol. The van der Waals surface area contributed by atoms with Crippen LogP contribution >= 0.6 is 31.9 Å². The molecule has 0 saturated carbocycles. The quantitative estimate of drug-likeness (QED) is 0.431. The van der Waals surface area contributed by atoms with Gasteiger partial charge in [0.25, 0.3) is 0 Å². The number of hydrogen-bond donors (Lipinski definition) is 1. The summed E-state index contributed by atoms with van der Waals surface area (Å²) in [6, 6.07) is 11.7. The van der Waals surface area contributed by atoms with Crippen molar-refractivity contribution in [2.45, 2.75) is 58.1 Å². The highest BCUT2D eigenvalue weighted by molar-refractivity contribution is 9.10. The summed E-state index contributed by atoms with van der Waals surface area (Å²) in [5.74, 6) is -0.00444. The van der Waals surface area contributed by atoms with Crippen LogP contribution in [0.1, 0.15) is 44.7 Å². The minimum Gasteiger partial charge on any atom is -0.444 e. The summed E-state index contributed by atoms with van der Waals surface area (Å²) in [6.07, 6.45) is 3.11. The molecule has 1 saturated heterocycles. The molecule has 1 fully saturated rings. The van der Waals surface area contributed by atoms with Crippen molar-refractivity contribution in [1.82, 2.24) is 4.90 Å². The number of fused-ring (bicyclic) bond motifs is 2. The Morgan fingerprint density at radius 1 is 1.00 bits per heavy atom. The molecule has 0 aromatic heterocycles. The third kappa shape index (κ3) is 5.43. The first-order valence-corrected chi connectivity index (χ1v) is 13.3. The van der Waals surface area contributed by atoms with E-state index in [0.717, 1.165) is 41.5 Å². The van der Waals surface area contributed by atoms with Crippen LogP contribution in [0.25, 0.3) is 0 Å². The molecule has 3 heterocycles. The Morgan fingerprint density at radius 3 is 2.41 bits per heavy atom. The first kappa shape index (κ1) is 25.0. The number of carbonyl (C=O) groups is 2. The molecule has 5 rings (SSSR count). The molecule has 0 unspecified atom stereocenters. The van der Waals surface area contributed by atoms with Crippen LogP contribution in [0.15, 0.2) is 45.3 Å². The average molecular weight is 593 g/mol. The van der Waals surface area contributed by atoms with Crippen LogP contribution in [-0.2, 0) is 22.4 Å². The summed E-state index contributed by atoms with van der Waals surface area (Å²) < 4.78 is 7.73. The Bertz CT molecular complexity index is 1080. The molecule has 0 radical (unpaired) electrons. The maximum absolute atomic E-state index is 13.1. The van der Waals surface area contributed by atoms with E-state index in [1.807, 2.05) is 43.9 Å². The highest BCUT2D eigenvalue weighted by atomic mass is 79.9. The van der Waals surface area contributed by atoms with E-state index in [2.05, 4.69) is 55.4 Å². The molecule has 2 aromatic rings. The van der Waals surface area contributed by atoms with E-state index in [4.69, 9.17) is 4.74 Å². The van der Waals surface area contributed by atoms with Gasteiger partial charge in [0.15, 0.2) is 0 Å². The van der Waals surface area contributed by atoms with Crippen molar-refractivity contribution in [1.29, 1.82) is 0 Å². The lowest BCUT2D eigenvalue weighted by atomic mass is 10.1. The first-order chi connectivity index (χ1) is 16.2. The summed E-state index contributed by atoms with van der Waals surface area (Å²) in [4.78, 5) is 28.9. The summed E-state index contributed by atoms with van der Waals surface area (Å²) in [5.41, 5.74) is 4.26. The molecule has 182 valence electrons. The second-order valence-corrected chi connectivity index (χ2v) is 11.5. The van der Waals surface area contributed by atoms with Gasteiger partial charge in [0, 0.05) is 40.0 Å². The van der Waals surface area contributed by atoms with Gasteiger partial charge in [-0.15, -0.1) is 0 Å². The lowest BCUT2D eigenvalue weighted by molar-refractivity contribution is -0.122. The number of nitrogens with one attached hydrogen (secondary N) is 1. The van der Waals surface area contributed by atoms with Crippen LogP contribution in [0.2, 0.25) is 0 Å². The predicted octanol–water partition coefficient (Wildman–Crippen LogP) is 6.15. The molecule has 3 aliphatic heterocycles. The molecule has 0 spiro atoms. The Morgan fingerprint density at radius 2 is 1.71 bits per heavy atom. The second-order valence-electron chi connectivity index (χ2n) is 9.75. The summed E-state index contributed by atoms with van der Waals surface area (Å²) >= 11 is 7.06. The molecule has 6 nitrogen and oxygen atoms in total. The van der Waals surface area contributed by atoms with Gasteiger partial charge >= 0.3 is 6.09 Å². The number of rotatable bonds is 1. The zero-order valence-electron chi connectivity index (χ0n) is 19.9. The van der Waals surface area contributed by atoms with Crippen LogP contribution in [0.3, 0.4) is 0 Å². The van der Waals surface area contributed by atoms with Crippen molar-refractivity contribution < 1.29 is 14.3 Å². The fourth-order valence-electron chi connectivity index (χ4n) is 4.66. The van der Waals surface area contributed by atoms with E-state index in [0.29, 0.717) is 19.5 Å². The number of anilines is 2. The SMILES string of the molecule is Brc1cccc2c1CCN2.CC(C)(C)OC(=O)N1CCC[C@H]1C(=O)N1CCc2c(Br)cccc21. The largest absolute Gasteiger partial charge is 0.444 e. The van der Waals surface area contributed by atoms with E-state index in [1.54, 1.807) is 4.90 Å². The van der Waals surface area contributed by atoms with Crippen LogP contribution in [-0.4, -0.2) is 48.2 Å². The van der Waals surface area contributed by atoms with E-state index in [1.165, 1.54) is 15.7 Å². The molecule has 0 bridgehead atoms. The molecular formula is C26H31Br2N3O3. The molecule has 3 aliphatic rings. The number of benzene rings is 2. The molecule has 34 heavy (non-hydrogen) atoms. The van der Waals surface area contributed by atoms with Crippen LogP contribution in [0.4, 0.5) is 16.2 Å². The van der Waals surface area contributed by atoms with Gasteiger partial charge in [-0.2, -0.15) is 0 Å². The standard InChI is InChI=1S/C18H23BrN2O3.C8H8BrN/c1-18(2,3)24-17(23)21-10-5-8-15(21)16(22)20-11-9-12-13(19)6-4-7-14(12)20;9-7-2-1-3-8-6(7)4-5-10-8/h4,6-7,15H,5,8-11H2,1-3H3;1-3,10H,4-5H2/t15-;/m0./s1. The van der Waals surface area contributed by atoms with Crippen molar-refractivity contribution in [3.05, 3.63) is 56.5 Å². The molecule has 8 heteroatoms. The Hall–Kier alpha value is -2.06. The van der Waals surface area contributed by atoms with Crippen molar-refractivity contribution in [2.24, 2.45) is 0 Å². The third-order valence-electron chi connectivity index (χ3n) is 6.21. The van der Waals surface area contributed by atoms with E-state index in [-0.39, 0.29) is 5.91 Å². The molecular weight excluding hydrogens is 562 g/mol. The van der Waals surface area contributed by atoms with Crippen LogP contribution in [0, 0.1) is 0 Å². The smallest absolute Gasteiger partial charge is 0.410 e. The van der Waals surface area contributed by atoms with Crippen molar-refractivity contribution in [3.63, 3.8) is 0 Å². The van der Waals surface area contributed by atoms with Gasteiger partial charge in [-0.25, -0.2) is 4.79 Å². The molecule has 1 atom stereocenters. The first-order valence-electron chi connectivity index (χ1n) is 11.8. The van der Waals surface area contributed by atoms with E-state index in [9.17, 15) is 9.59 Å². The Kier molecular flexibility index (Phi) is 7.57. The summed E-state index contributed by atoms with van der Waals surface area (Å²) in [6.45, 7) is 7.84. The van der Waals surface area contributed by atoms with Gasteiger partial charge in [0.05, 0.1) is 0 Å². The van der Waals surface area contributed by atoms with Gasteiger partial charge < -0.3 is 15.0 Å². The Labute approximate surface area is 218 Å². The maximum atomic E-state index is 13.1. The van der Waals surface area contributed by atoms with Gasteiger partial charge in [0.2, 0.25) is 5.91 Å². The van der Waals surface area contributed by atoms with Gasteiger partial charge in [-0.05, 0) is 81.8 Å². The highest BCUT2D eigenvalue weighted by Crippen LogP contribution is 2.35. The Balaban J connectivity index is 0.000000226. The van der Waals surface area contributed by atoms with Crippen LogP contribution in [0.5, 0.6) is 0 Å². The zero-order chi connectivity index (χ0) is 24.5. The molecule has 0 aliphatic carbocycles. The highest BCUT2D eigenvalue weighted by Gasteiger charge is 2.40. The normalized spacial score (nSPS) is 18.6. The molecule has 2 aromatic carbocycles. The van der Waals surface area contributed by atoms with Crippen LogP contribution < -0.4 is 10.2 Å². The van der Waals surface area contributed by atoms with Crippen molar-refractivity contribution in [2.75, 3.05) is 29.9 Å². The summed E-state index contributed by atoms with van der Waals surface area (Å²) in [7, 11) is 0. The topological polar surface area (TPSA) is 61.9 Å². The van der Waals surface area contributed by atoms with Gasteiger partial charge in [-0.1, -0.05) is 44.0 Å². The lowest BCUT2D eigenvalue weighted by Gasteiger charge is -2.30. The molecule has 1 N–H and O–H groups in total. The number of carbonyl (C=O) groups excluding carboxylic acids is 2. The minimum absolute atomic E-state index is 0.00444. The van der Waals surface area contributed by atoms with Gasteiger partial charge in [0.1, 0.15) is 11.6 Å². The lowest BCUT2D eigenvalue weighted by Crippen LogP contribution is -2.48.